The van der Waals surface area contributed by atoms with Crippen LogP contribution in [0.5, 0.6) is 0 Å². The second kappa shape index (κ2) is 8.30. The number of piperidine rings is 1. The number of fused-ring (bicyclic) bond motifs is 3. The van der Waals surface area contributed by atoms with Gasteiger partial charge in [0, 0.05) is 31.8 Å². The van der Waals surface area contributed by atoms with E-state index in [1.165, 1.54) is 4.90 Å². The number of ether oxygens (including phenoxy) is 1. The number of aliphatic carboxylic acids is 1. The highest BCUT2D eigenvalue weighted by atomic mass is 16.6. The van der Waals surface area contributed by atoms with E-state index in [1.54, 1.807) is 4.90 Å². The zero-order valence-electron chi connectivity index (χ0n) is 17.8. The van der Waals surface area contributed by atoms with Gasteiger partial charge in [0.1, 0.15) is 12.6 Å². The van der Waals surface area contributed by atoms with Gasteiger partial charge in [-0.25, -0.2) is 9.59 Å². The topological polar surface area (TPSA) is 87.2 Å². The van der Waals surface area contributed by atoms with Crippen molar-refractivity contribution in [3.8, 4) is 11.1 Å². The van der Waals surface area contributed by atoms with Crippen LogP contribution in [0.25, 0.3) is 11.1 Å². The molecule has 0 aromatic heterocycles. The third kappa shape index (κ3) is 3.51. The van der Waals surface area contributed by atoms with Gasteiger partial charge >= 0.3 is 12.1 Å². The molecule has 2 atom stereocenters. The minimum absolute atomic E-state index is 0.0415. The van der Waals surface area contributed by atoms with E-state index in [-0.39, 0.29) is 37.4 Å². The van der Waals surface area contributed by atoms with Crippen molar-refractivity contribution in [2.24, 2.45) is 0 Å². The van der Waals surface area contributed by atoms with Crippen molar-refractivity contribution in [3.05, 3.63) is 59.7 Å². The van der Waals surface area contributed by atoms with Crippen LogP contribution in [0, 0.1) is 0 Å². The molecule has 7 heteroatoms. The zero-order valence-corrected chi connectivity index (χ0v) is 17.8. The summed E-state index contributed by atoms with van der Waals surface area (Å²) in [4.78, 5) is 40.2. The predicted molar refractivity (Wildman–Crippen MR) is 117 cm³/mol. The number of amides is 2. The normalized spacial score (nSPS) is 22.6. The van der Waals surface area contributed by atoms with Crippen LogP contribution in [0.15, 0.2) is 48.5 Å². The highest BCUT2D eigenvalue weighted by molar-refractivity contribution is 5.83. The van der Waals surface area contributed by atoms with E-state index in [0.717, 1.165) is 35.1 Å². The van der Waals surface area contributed by atoms with Gasteiger partial charge < -0.3 is 14.7 Å². The van der Waals surface area contributed by atoms with Crippen LogP contribution < -0.4 is 0 Å². The Morgan fingerprint density at radius 1 is 1.00 bits per heavy atom. The number of carboxylic acid groups (broad SMARTS) is 1. The number of carboxylic acids is 1. The van der Waals surface area contributed by atoms with E-state index in [2.05, 4.69) is 12.1 Å². The number of carbonyl (C=O) groups is 3. The molecule has 2 aromatic carbocycles. The molecule has 0 saturated carbocycles. The summed E-state index contributed by atoms with van der Waals surface area (Å²) in [6, 6.07) is 14.9. The summed E-state index contributed by atoms with van der Waals surface area (Å²) in [6.45, 7) is 0.955. The summed E-state index contributed by atoms with van der Waals surface area (Å²) in [5, 5.41) is 9.70. The van der Waals surface area contributed by atoms with Crippen LogP contribution in [-0.2, 0) is 14.3 Å². The molecular weight excluding hydrogens is 408 g/mol. The third-order valence-corrected chi connectivity index (χ3v) is 6.94. The molecule has 5 rings (SSSR count). The molecule has 2 heterocycles. The van der Waals surface area contributed by atoms with Crippen LogP contribution in [-0.4, -0.2) is 64.7 Å². The van der Waals surface area contributed by atoms with Crippen molar-refractivity contribution in [2.75, 3.05) is 19.7 Å². The smallest absolute Gasteiger partial charge is 0.410 e. The van der Waals surface area contributed by atoms with Crippen LogP contribution in [0.4, 0.5) is 4.79 Å². The van der Waals surface area contributed by atoms with Gasteiger partial charge in [-0.3, -0.25) is 9.69 Å². The molecule has 0 unspecified atom stereocenters. The van der Waals surface area contributed by atoms with Gasteiger partial charge in [-0.05, 0) is 35.1 Å². The van der Waals surface area contributed by atoms with E-state index in [1.807, 2.05) is 36.4 Å². The van der Waals surface area contributed by atoms with Crippen LogP contribution in [0.2, 0.25) is 0 Å². The number of hydrogen-bond acceptors (Lipinski definition) is 4. The molecule has 0 spiro atoms. The molecule has 1 N–H and O–H groups in total. The first-order valence-corrected chi connectivity index (χ1v) is 11.2. The minimum Gasteiger partial charge on any atom is -0.480 e. The van der Waals surface area contributed by atoms with Gasteiger partial charge in [-0.15, -0.1) is 0 Å². The van der Waals surface area contributed by atoms with Gasteiger partial charge in [-0.2, -0.15) is 0 Å². The number of nitrogens with zero attached hydrogens (tertiary/aromatic N) is 2. The average Bonchev–Trinajstić information content (AvgIpc) is 3.38. The second-order valence-electron chi connectivity index (χ2n) is 8.74. The fourth-order valence-corrected chi connectivity index (χ4v) is 5.37. The Hall–Kier alpha value is -3.35. The van der Waals surface area contributed by atoms with Crippen LogP contribution in [0.1, 0.15) is 42.7 Å². The molecule has 0 bridgehead atoms. The summed E-state index contributed by atoms with van der Waals surface area (Å²) in [7, 11) is 0. The van der Waals surface area contributed by atoms with Gasteiger partial charge in [0.25, 0.3) is 0 Å². The molecule has 0 radical (unpaired) electrons. The number of carbonyl (C=O) groups excluding carboxylic acids is 2. The van der Waals surface area contributed by atoms with Crippen molar-refractivity contribution in [1.82, 2.24) is 9.80 Å². The fraction of sp³-hybridized carbons (Fsp3) is 0.400. The van der Waals surface area contributed by atoms with E-state index >= 15 is 0 Å². The van der Waals surface area contributed by atoms with Crippen LogP contribution >= 0.6 is 0 Å². The quantitative estimate of drug-likeness (QED) is 0.796. The zero-order chi connectivity index (χ0) is 22.2. The maximum Gasteiger partial charge on any atom is 0.410 e. The van der Waals surface area contributed by atoms with Crippen molar-refractivity contribution >= 4 is 18.0 Å². The molecule has 2 saturated heterocycles. The summed E-state index contributed by atoms with van der Waals surface area (Å²) in [5.74, 6) is -1.11. The van der Waals surface area contributed by atoms with E-state index < -0.39 is 18.1 Å². The van der Waals surface area contributed by atoms with Crippen molar-refractivity contribution < 1.29 is 24.2 Å². The predicted octanol–water partition coefficient (Wildman–Crippen LogP) is 3.48. The summed E-state index contributed by atoms with van der Waals surface area (Å²) >= 11 is 0. The Morgan fingerprint density at radius 3 is 2.28 bits per heavy atom. The summed E-state index contributed by atoms with van der Waals surface area (Å²) in [6.07, 6.45) is 1.86. The number of rotatable bonds is 4. The second-order valence-corrected chi connectivity index (χ2v) is 8.74. The highest BCUT2D eigenvalue weighted by Gasteiger charge is 2.44. The molecule has 2 aromatic rings. The summed E-state index contributed by atoms with van der Waals surface area (Å²) < 4.78 is 5.69. The molecule has 1 aliphatic carbocycles. The minimum atomic E-state index is -1.06. The molecular formula is C25H26N2O5. The maximum atomic E-state index is 13.0. The Bertz CT molecular complexity index is 1020. The van der Waals surface area contributed by atoms with E-state index in [9.17, 15) is 19.5 Å². The van der Waals surface area contributed by atoms with Gasteiger partial charge in [0.05, 0.1) is 6.04 Å². The SMILES string of the molecule is O=C(O)[C@@H]1C[C@@H](N2CCCCC2=O)CN1C(=O)OCC1c2ccccc2-c2ccccc21. The number of hydrogen-bond donors (Lipinski definition) is 1. The molecule has 32 heavy (non-hydrogen) atoms. The standard InChI is InChI=1S/C25H26N2O5/c28-23-11-5-6-12-26(23)16-13-22(24(29)30)27(14-16)25(31)32-15-21-19-9-3-1-7-17(19)18-8-2-4-10-20(18)21/h1-4,7-10,16,21-22H,5-6,11-15H2,(H,29,30)/t16-,22+/m1/s1. The van der Waals surface area contributed by atoms with Crippen molar-refractivity contribution in [3.63, 3.8) is 0 Å². The molecule has 2 amide bonds. The number of likely N-dealkylation sites (tertiary alicyclic amines) is 2. The Balaban J connectivity index is 1.31. The Labute approximate surface area is 186 Å². The van der Waals surface area contributed by atoms with E-state index in [4.69, 9.17) is 4.74 Å². The van der Waals surface area contributed by atoms with E-state index in [0.29, 0.717) is 13.0 Å². The first-order chi connectivity index (χ1) is 15.5. The molecule has 2 fully saturated rings. The van der Waals surface area contributed by atoms with Gasteiger partial charge in [0.2, 0.25) is 5.91 Å². The first-order valence-electron chi connectivity index (χ1n) is 11.2. The molecule has 166 valence electrons. The molecule has 7 nitrogen and oxygen atoms in total. The lowest BCUT2D eigenvalue weighted by Crippen LogP contribution is -2.45. The van der Waals surface area contributed by atoms with Gasteiger partial charge in [0.15, 0.2) is 0 Å². The lowest BCUT2D eigenvalue weighted by molar-refractivity contribution is -0.142. The molecule has 2 aliphatic heterocycles. The van der Waals surface area contributed by atoms with Crippen molar-refractivity contribution in [2.45, 2.75) is 43.7 Å². The maximum absolute atomic E-state index is 13.0. The molecule has 3 aliphatic rings. The highest BCUT2D eigenvalue weighted by Crippen LogP contribution is 2.44. The lowest BCUT2D eigenvalue weighted by atomic mass is 9.98. The average molecular weight is 434 g/mol. The fourth-order valence-electron chi connectivity index (χ4n) is 5.37. The lowest BCUT2D eigenvalue weighted by Gasteiger charge is -2.32. The first kappa shape index (κ1) is 20.5. The monoisotopic (exact) mass is 434 g/mol. The Morgan fingerprint density at radius 2 is 1.66 bits per heavy atom. The van der Waals surface area contributed by atoms with Gasteiger partial charge in [-0.1, -0.05) is 48.5 Å². The summed E-state index contributed by atoms with van der Waals surface area (Å²) in [5.41, 5.74) is 4.49. The van der Waals surface area contributed by atoms with Crippen LogP contribution in [0.3, 0.4) is 0 Å². The largest absolute Gasteiger partial charge is 0.480 e. The van der Waals surface area contributed by atoms with Crippen molar-refractivity contribution in [1.29, 1.82) is 0 Å². The Kier molecular flexibility index (Phi) is 5.33. The number of benzene rings is 2. The third-order valence-electron chi connectivity index (χ3n) is 6.94.